The maximum Gasteiger partial charge on any atom is 0.0221 e. The van der Waals surface area contributed by atoms with E-state index in [2.05, 4.69) is 23.7 Å². The Balaban J connectivity index is 2.16. The van der Waals surface area contributed by atoms with Crippen LogP contribution in [0.5, 0.6) is 0 Å². The van der Waals surface area contributed by atoms with E-state index in [4.69, 9.17) is 0 Å². The number of likely N-dealkylation sites (tertiary alicyclic amines) is 1. The summed E-state index contributed by atoms with van der Waals surface area (Å²) in [4.78, 5) is 2.55. The molecule has 0 aromatic rings. The maximum absolute atomic E-state index is 3.69. The summed E-state index contributed by atoms with van der Waals surface area (Å²) in [5, 5.41) is 3.38. The van der Waals surface area contributed by atoms with E-state index in [-0.39, 0.29) is 0 Å². The molecule has 0 aromatic heterocycles. The number of nitrogens with zero attached hydrogens (tertiary/aromatic N) is 1. The number of nitrogens with one attached hydrogen (secondary N) is 1. The van der Waals surface area contributed by atoms with E-state index in [1.165, 1.54) is 25.9 Å². The number of hydrogen-bond acceptors (Lipinski definition) is 2. The van der Waals surface area contributed by atoms with Gasteiger partial charge in [0.2, 0.25) is 0 Å². The zero-order valence-electron chi connectivity index (χ0n) is 8.05. The molecule has 2 nitrogen and oxygen atoms in total. The highest BCUT2D eigenvalue weighted by Crippen LogP contribution is 2.15. The molecule has 2 heteroatoms. The molecule has 1 aliphatic rings. The Bertz CT molecular complexity index is 134. The Kier molecular flexibility index (Phi) is 4.33. The highest BCUT2D eigenvalue weighted by atomic mass is 15.2. The molecule has 1 N–H and O–H groups in total. The topological polar surface area (TPSA) is 15.3 Å². The summed E-state index contributed by atoms with van der Waals surface area (Å²) in [7, 11) is 0. The van der Waals surface area contributed by atoms with Crippen LogP contribution in [0.25, 0.3) is 0 Å². The first-order chi connectivity index (χ1) is 5.88. The van der Waals surface area contributed by atoms with E-state index in [0.717, 1.165) is 19.1 Å². The van der Waals surface area contributed by atoms with Crippen LogP contribution in [0.2, 0.25) is 0 Å². The van der Waals surface area contributed by atoms with Crippen LogP contribution in [0.4, 0.5) is 0 Å². The smallest absolute Gasteiger partial charge is 0.0221 e. The summed E-state index contributed by atoms with van der Waals surface area (Å²) < 4.78 is 0. The van der Waals surface area contributed by atoms with E-state index in [9.17, 15) is 0 Å². The molecule has 1 aliphatic heterocycles. The highest BCUT2D eigenvalue weighted by molar-refractivity contribution is 4.81. The van der Waals surface area contributed by atoms with Crippen LogP contribution in [0.3, 0.4) is 0 Å². The quantitative estimate of drug-likeness (QED) is 0.491. The highest BCUT2D eigenvalue weighted by Gasteiger charge is 2.21. The second-order valence-electron chi connectivity index (χ2n) is 3.37. The van der Waals surface area contributed by atoms with Gasteiger partial charge >= 0.3 is 0 Å². The van der Waals surface area contributed by atoms with Crippen molar-refractivity contribution in [2.24, 2.45) is 0 Å². The second kappa shape index (κ2) is 5.33. The summed E-state index contributed by atoms with van der Waals surface area (Å²) in [6, 6.07) is 0.773. The SMILES string of the molecule is C=CCNCC1CCCN1CC. The van der Waals surface area contributed by atoms with Crippen LogP contribution >= 0.6 is 0 Å². The van der Waals surface area contributed by atoms with E-state index < -0.39 is 0 Å². The van der Waals surface area contributed by atoms with E-state index >= 15 is 0 Å². The first-order valence-corrected chi connectivity index (χ1v) is 4.94. The minimum Gasteiger partial charge on any atom is -0.312 e. The zero-order valence-corrected chi connectivity index (χ0v) is 8.05. The Morgan fingerprint density at radius 2 is 2.50 bits per heavy atom. The van der Waals surface area contributed by atoms with Gasteiger partial charge in [-0.25, -0.2) is 0 Å². The molecule has 1 heterocycles. The van der Waals surface area contributed by atoms with Crippen molar-refractivity contribution < 1.29 is 0 Å². The predicted octanol–water partition coefficient (Wildman–Crippen LogP) is 1.25. The lowest BCUT2D eigenvalue weighted by molar-refractivity contribution is 0.262. The van der Waals surface area contributed by atoms with E-state index in [1.54, 1.807) is 0 Å². The van der Waals surface area contributed by atoms with Crippen molar-refractivity contribution in [3.63, 3.8) is 0 Å². The molecular weight excluding hydrogens is 148 g/mol. The van der Waals surface area contributed by atoms with Crippen molar-refractivity contribution in [1.82, 2.24) is 10.2 Å². The van der Waals surface area contributed by atoms with Gasteiger partial charge in [-0.1, -0.05) is 13.0 Å². The molecule has 0 saturated carbocycles. The lowest BCUT2D eigenvalue weighted by atomic mass is 10.2. The molecule has 0 aromatic carbocycles. The monoisotopic (exact) mass is 168 g/mol. The summed E-state index contributed by atoms with van der Waals surface area (Å²) in [5.74, 6) is 0. The van der Waals surface area contributed by atoms with Crippen molar-refractivity contribution in [2.75, 3.05) is 26.2 Å². The second-order valence-corrected chi connectivity index (χ2v) is 3.37. The van der Waals surface area contributed by atoms with Gasteiger partial charge in [0.15, 0.2) is 0 Å². The normalized spacial score (nSPS) is 24.6. The Morgan fingerprint density at radius 1 is 1.67 bits per heavy atom. The van der Waals surface area contributed by atoms with Gasteiger partial charge in [-0.2, -0.15) is 0 Å². The molecule has 1 atom stereocenters. The zero-order chi connectivity index (χ0) is 8.81. The molecule has 1 fully saturated rings. The third-order valence-electron chi connectivity index (χ3n) is 2.57. The number of hydrogen-bond donors (Lipinski definition) is 1. The van der Waals surface area contributed by atoms with Gasteiger partial charge in [-0.3, -0.25) is 4.90 Å². The van der Waals surface area contributed by atoms with Gasteiger partial charge in [0.05, 0.1) is 0 Å². The van der Waals surface area contributed by atoms with Crippen LogP contribution in [0, 0.1) is 0 Å². The fraction of sp³-hybridized carbons (Fsp3) is 0.800. The molecule has 1 rings (SSSR count). The Morgan fingerprint density at radius 3 is 3.17 bits per heavy atom. The molecular formula is C10H20N2. The fourth-order valence-electron chi connectivity index (χ4n) is 1.89. The van der Waals surface area contributed by atoms with Gasteiger partial charge in [0.1, 0.15) is 0 Å². The summed E-state index contributed by atoms with van der Waals surface area (Å²) in [6.07, 6.45) is 4.65. The predicted molar refractivity (Wildman–Crippen MR) is 53.3 cm³/mol. The van der Waals surface area contributed by atoms with Crippen LogP contribution in [-0.2, 0) is 0 Å². The largest absolute Gasteiger partial charge is 0.312 e. The van der Waals surface area contributed by atoms with Gasteiger partial charge in [-0.15, -0.1) is 6.58 Å². The van der Waals surface area contributed by atoms with Crippen LogP contribution < -0.4 is 5.32 Å². The van der Waals surface area contributed by atoms with Crippen molar-refractivity contribution in [2.45, 2.75) is 25.8 Å². The van der Waals surface area contributed by atoms with Crippen molar-refractivity contribution in [3.8, 4) is 0 Å². The molecule has 70 valence electrons. The maximum atomic E-state index is 3.69. The fourth-order valence-corrected chi connectivity index (χ4v) is 1.89. The standard InChI is InChI=1S/C10H20N2/c1-3-7-11-9-10-6-5-8-12(10)4-2/h3,10-11H,1,4-9H2,2H3. The molecule has 12 heavy (non-hydrogen) atoms. The molecule has 0 aliphatic carbocycles. The number of likely N-dealkylation sites (N-methyl/N-ethyl adjacent to an activating group) is 1. The lowest BCUT2D eigenvalue weighted by Gasteiger charge is -2.22. The van der Waals surface area contributed by atoms with Gasteiger partial charge in [-0.05, 0) is 25.9 Å². The van der Waals surface area contributed by atoms with Crippen molar-refractivity contribution >= 4 is 0 Å². The van der Waals surface area contributed by atoms with Gasteiger partial charge < -0.3 is 5.32 Å². The molecule has 0 amide bonds. The first-order valence-electron chi connectivity index (χ1n) is 4.94. The van der Waals surface area contributed by atoms with Gasteiger partial charge in [0, 0.05) is 19.1 Å². The average Bonchev–Trinajstić information content (AvgIpc) is 2.52. The summed E-state index contributed by atoms with van der Waals surface area (Å²) in [5.41, 5.74) is 0. The third kappa shape index (κ3) is 2.61. The van der Waals surface area contributed by atoms with Crippen molar-refractivity contribution in [3.05, 3.63) is 12.7 Å². The molecule has 0 spiro atoms. The molecule has 0 radical (unpaired) electrons. The van der Waals surface area contributed by atoms with Crippen molar-refractivity contribution in [1.29, 1.82) is 0 Å². The minimum atomic E-state index is 0.773. The Labute approximate surface area is 75.6 Å². The van der Waals surface area contributed by atoms with E-state index in [1.807, 2.05) is 6.08 Å². The summed E-state index contributed by atoms with van der Waals surface area (Å²) >= 11 is 0. The minimum absolute atomic E-state index is 0.773. The lowest BCUT2D eigenvalue weighted by Crippen LogP contribution is -2.37. The van der Waals surface area contributed by atoms with Crippen LogP contribution in [-0.4, -0.2) is 37.1 Å². The van der Waals surface area contributed by atoms with Gasteiger partial charge in [0.25, 0.3) is 0 Å². The number of rotatable bonds is 5. The molecule has 0 bridgehead atoms. The van der Waals surface area contributed by atoms with E-state index in [0.29, 0.717) is 0 Å². The molecule has 1 unspecified atom stereocenters. The van der Waals surface area contributed by atoms with Crippen LogP contribution in [0.1, 0.15) is 19.8 Å². The summed E-state index contributed by atoms with van der Waals surface area (Å²) in [6.45, 7) is 10.5. The Hall–Kier alpha value is -0.340. The molecule has 1 saturated heterocycles. The third-order valence-corrected chi connectivity index (χ3v) is 2.57. The van der Waals surface area contributed by atoms with Crippen LogP contribution in [0.15, 0.2) is 12.7 Å². The average molecular weight is 168 g/mol. The first kappa shape index (κ1) is 9.75.